The number of nitro benzene ring substituents is 1. The third kappa shape index (κ3) is 3.41. The number of rotatable bonds is 5. The molecule has 1 fully saturated rings. The zero-order valence-electron chi connectivity index (χ0n) is 14.7. The number of Topliss-reactive ketones (excluding diaryl/α,β-unsaturated/α-hetero) is 1. The first kappa shape index (κ1) is 18.3. The average molecular weight is 331 g/mol. The Morgan fingerprint density at radius 3 is 2.50 bits per heavy atom. The Bertz CT molecular complexity index is 648. The zero-order valence-corrected chi connectivity index (χ0v) is 14.7. The van der Waals surface area contributed by atoms with Gasteiger partial charge in [0.15, 0.2) is 5.78 Å². The van der Waals surface area contributed by atoms with Crippen molar-refractivity contribution in [2.45, 2.75) is 46.1 Å². The molecule has 0 unspecified atom stereocenters. The second-order valence-electron chi connectivity index (χ2n) is 6.69. The van der Waals surface area contributed by atoms with E-state index in [0.717, 1.165) is 24.0 Å². The fourth-order valence-corrected chi connectivity index (χ4v) is 3.36. The highest BCUT2D eigenvalue weighted by molar-refractivity contribution is 6.06. The molecule has 5 nitrogen and oxygen atoms in total. The maximum Gasteiger partial charge on any atom is 0.269 e. The van der Waals surface area contributed by atoms with E-state index in [1.54, 1.807) is 12.1 Å². The monoisotopic (exact) mass is 331 g/mol. The van der Waals surface area contributed by atoms with Gasteiger partial charge < -0.3 is 4.74 Å². The molecule has 0 bridgehead atoms. The van der Waals surface area contributed by atoms with Gasteiger partial charge in [-0.3, -0.25) is 14.9 Å². The summed E-state index contributed by atoms with van der Waals surface area (Å²) in [5, 5.41) is 10.8. The van der Waals surface area contributed by atoms with E-state index in [0.29, 0.717) is 6.61 Å². The lowest BCUT2D eigenvalue weighted by molar-refractivity contribution is -0.384. The van der Waals surface area contributed by atoms with E-state index < -0.39 is 10.5 Å². The van der Waals surface area contributed by atoms with Crippen molar-refractivity contribution in [1.29, 1.82) is 0 Å². The number of hydrogen-bond donors (Lipinski definition) is 0. The number of ether oxygens (including phenoxy) is 1. The smallest absolute Gasteiger partial charge is 0.269 e. The van der Waals surface area contributed by atoms with Crippen molar-refractivity contribution in [3.8, 4) is 0 Å². The molecule has 0 amide bonds. The summed E-state index contributed by atoms with van der Waals surface area (Å²) in [6, 6.07) is 6.28. The average Bonchev–Trinajstić information content (AvgIpc) is 2.54. The molecule has 130 valence electrons. The Kier molecular flexibility index (Phi) is 5.54. The molecule has 1 aromatic carbocycles. The molecule has 5 heteroatoms. The fraction of sp³-hybridized carbons (Fsp3) is 0.526. The third-order valence-electron chi connectivity index (χ3n) is 4.89. The second kappa shape index (κ2) is 7.26. The van der Waals surface area contributed by atoms with Crippen LogP contribution in [0, 0.1) is 22.0 Å². The zero-order chi connectivity index (χ0) is 17.9. The standard InChI is InChI=1S/C19H25NO4/c1-5-24-19(13(2)3)11-10-14(4)17(18(19)21)12-15-6-8-16(9-7-15)20(22)23/h6-9,12-14H,5,10-11H2,1-4H3/b17-12+/t14-,19-/m0/s1. The first-order chi connectivity index (χ1) is 11.3. The van der Waals surface area contributed by atoms with Gasteiger partial charge in [0.05, 0.1) is 4.92 Å². The number of ketones is 1. The molecule has 2 atom stereocenters. The summed E-state index contributed by atoms with van der Waals surface area (Å²) in [6.07, 6.45) is 3.48. The van der Waals surface area contributed by atoms with Gasteiger partial charge in [-0.05, 0) is 55.4 Å². The quantitative estimate of drug-likeness (QED) is 0.455. The van der Waals surface area contributed by atoms with Gasteiger partial charge in [-0.25, -0.2) is 0 Å². The van der Waals surface area contributed by atoms with Crippen molar-refractivity contribution in [1.82, 2.24) is 0 Å². The SMILES string of the molecule is CCO[C@]1(C(C)C)CC[C@H](C)/C(=C\c2ccc([N+](=O)[O-])cc2)C1=O. The molecular weight excluding hydrogens is 306 g/mol. The lowest BCUT2D eigenvalue weighted by Gasteiger charge is -2.42. The summed E-state index contributed by atoms with van der Waals surface area (Å²) >= 11 is 0. The molecule has 0 saturated heterocycles. The number of hydrogen-bond acceptors (Lipinski definition) is 4. The Labute approximate surface area is 142 Å². The van der Waals surface area contributed by atoms with Crippen LogP contribution in [0.1, 0.15) is 46.1 Å². The van der Waals surface area contributed by atoms with Crippen LogP contribution in [-0.4, -0.2) is 22.9 Å². The highest BCUT2D eigenvalue weighted by Gasteiger charge is 2.47. The Hall–Kier alpha value is -2.01. The van der Waals surface area contributed by atoms with Crippen molar-refractivity contribution in [3.05, 3.63) is 45.5 Å². The molecule has 2 rings (SSSR count). The summed E-state index contributed by atoms with van der Waals surface area (Å²) in [5.41, 5.74) is 0.837. The van der Waals surface area contributed by atoms with E-state index in [9.17, 15) is 14.9 Å². The molecule has 1 saturated carbocycles. The van der Waals surface area contributed by atoms with Crippen molar-refractivity contribution in [2.24, 2.45) is 11.8 Å². The van der Waals surface area contributed by atoms with E-state index in [1.165, 1.54) is 12.1 Å². The summed E-state index contributed by atoms with van der Waals surface area (Å²) in [5.74, 6) is 0.300. The number of carbonyl (C=O) groups excluding carboxylic acids is 1. The van der Waals surface area contributed by atoms with Gasteiger partial charge in [-0.2, -0.15) is 0 Å². The Morgan fingerprint density at radius 2 is 2.00 bits per heavy atom. The normalized spacial score (nSPS) is 26.1. The lowest BCUT2D eigenvalue weighted by Crippen LogP contribution is -2.51. The number of nitrogens with zero attached hydrogens (tertiary/aromatic N) is 1. The van der Waals surface area contributed by atoms with Crippen molar-refractivity contribution < 1.29 is 14.5 Å². The fourth-order valence-electron chi connectivity index (χ4n) is 3.36. The molecule has 0 spiro atoms. The molecular formula is C19H25NO4. The highest BCUT2D eigenvalue weighted by Crippen LogP contribution is 2.41. The molecule has 1 aliphatic carbocycles. The first-order valence-electron chi connectivity index (χ1n) is 8.46. The summed E-state index contributed by atoms with van der Waals surface area (Å²) in [7, 11) is 0. The molecule has 0 aliphatic heterocycles. The van der Waals surface area contributed by atoms with Crippen LogP contribution in [0.3, 0.4) is 0 Å². The highest BCUT2D eigenvalue weighted by atomic mass is 16.6. The van der Waals surface area contributed by atoms with Gasteiger partial charge in [0.25, 0.3) is 5.69 Å². The minimum Gasteiger partial charge on any atom is -0.367 e. The predicted octanol–water partition coefficient (Wildman–Crippen LogP) is 4.41. The minimum atomic E-state index is -0.756. The van der Waals surface area contributed by atoms with Crippen LogP contribution in [-0.2, 0) is 9.53 Å². The number of nitro groups is 1. The summed E-state index contributed by atoms with van der Waals surface area (Å²) in [4.78, 5) is 23.5. The largest absolute Gasteiger partial charge is 0.367 e. The molecule has 0 aromatic heterocycles. The molecule has 0 radical (unpaired) electrons. The first-order valence-corrected chi connectivity index (χ1v) is 8.46. The van der Waals surface area contributed by atoms with E-state index in [4.69, 9.17) is 4.74 Å². The van der Waals surface area contributed by atoms with E-state index in [-0.39, 0.29) is 23.3 Å². The van der Waals surface area contributed by atoms with Crippen molar-refractivity contribution in [3.63, 3.8) is 0 Å². The Morgan fingerprint density at radius 1 is 1.38 bits per heavy atom. The van der Waals surface area contributed by atoms with Gasteiger partial charge in [0.2, 0.25) is 0 Å². The van der Waals surface area contributed by atoms with Gasteiger partial charge in [0, 0.05) is 24.3 Å². The van der Waals surface area contributed by atoms with Crippen LogP contribution in [0.5, 0.6) is 0 Å². The van der Waals surface area contributed by atoms with E-state index in [2.05, 4.69) is 0 Å². The van der Waals surface area contributed by atoms with Gasteiger partial charge in [-0.15, -0.1) is 0 Å². The summed E-state index contributed by atoms with van der Waals surface area (Å²) < 4.78 is 5.93. The number of benzene rings is 1. The summed E-state index contributed by atoms with van der Waals surface area (Å²) in [6.45, 7) is 8.50. The molecule has 1 aromatic rings. The van der Waals surface area contributed by atoms with Crippen LogP contribution in [0.2, 0.25) is 0 Å². The molecule has 0 heterocycles. The molecule has 1 aliphatic rings. The molecule has 0 N–H and O–H groups in total. The van der Waals surface area contributed by atoms with Gasteiger partial charge >= 0.3 is 0 Å². The minimum absolute atomic E-state index is 0.0472. The van der Waals surface area contributed by atoms with Gasteiger partial charge in [-0.1, -0.05) is 20.8 Å². The van der Waals surface area contributed by atoms with Crippen molar-refractivity contribution in [2.75, 3.05) is 6.61 Å². The number of non-ortho nitro benzene ring substituents is 1. The van der Waals surface area contributed by atoms with Crippen LogP contribution in [0.4, 0.5) is 5.69 Å². The van der Waals surface area contributed by atoms with Gasteiger partial charge in [0.1, 0.15) is 5.60 Å². The second-order valence-corrected chi connectivity index (χ2v) is 6.69. The maximum absolute atomic E-state index is 13.2. The topological polar surface area (TPSA) is 69.4 Å². The van der Waals surface area contributed by atoms with Crippen LogP contribution < -0.4 is 0 Å². The van der Waals surface area contributed by atoms with Crippen LogP contribution in [0.15, 0.2) is 29.8 Å². The lowest BCUT2D eigenvalue weighted by atomic mass is 9.69. The third-order valence-corrected chi connectivity index (χ3v) is 4.89. The van der Waals surface area contributed by atoms with E-state index in [1.807, 2.05) is 33.8 Å². The maximum atomic E-state index is 13.2. The Balaban J connectivity index is 2.39. The predicted molar refractivity (Wildman–Crippen MR) is 93.7 cm³/mol. The number of carbonyl (C=O) groups is 1. The van der Waals surface area contributed by atoms with Crippen molar-refractivity contribution >= 4 is 17.5 Å². The van der Waals surface area contributed by atoms with Crippen LogP contribution >= 0.6 is 0 Å². The van der Waals surface area contributed by atoms with Crippen LogP contribution in [0.25, 0.3) is 6.08 Å². The van der Waals surface area contributed by atoms with E-state index >= 15 is 0 Å². The molecule has 24 heavy (non-hydrogen) atoms.